The molecule has 0 saturated heterocycles. The Morgan fingerprint density at radius 2 is 1.72 bits per heavy atom. The summed E-state index contributed by atoms with van der Waals surface area (Å²) in [6.07, 6.45) is 0. The Balaban J connectivity index is 2.10. The molecule has 0 unspecified atom stereocenters. The topological polar surface area (TPSA) is 76.7 Å². The van der Waals surface area contributed by atoms with Gasteiger partial charge in [0, 0.05) is 23.4 Å². The molecule has 6 nitrogen and oxygen atoms in total. The van der Waals surface area contributed by atoms with Crippen LogP contribution in [0.2, 0.25) is 5.02 Å². The molecule has 7 heteroatoms. The molecule has 0 bridgehead atoms. The van der Waals surface area contributed by atoms with Gasteiger partial charge < -0.3 is 20.1 Å². The molecule has 0 saturated carbocycles. The molecule has 2 N–H and O–H groups in total. The summed E-state index contributed by atoms with van der Waals surface area (Å²) in [4.78, 5) is 23.8. The summed E-state index contributed by atoms with van der Waals surface area (Å²) in [5, 5.41) is 6.07. The third-order valence-corrected chi connectivity index (χ3v) is 3.79. The molecule has 2 aromatic rings. The van der Waals surface area contributed by atoms with Crippen molar-refractivity contribution < 1.29 is 19.1 Å². The van der Waals surface area contributed by atoms with E-state index in [4.69, 9.17) is 21.1 Å². The number of halogens is 1. The van der Waals surface area contributed by atoms with E-state index in [9.17, 15) is 9.59 Å². The third kappa shape index (κ3) is 4.64. The maximum absolute atomic E-state index is 12.2. The Morgan fingerprint density at radius 3 is 2.36 bits per heavy atom. The van der Waals surface area contributed by atoms with E-state index in [0.717, 1.165) is 0 Å². The number of Topliss-reactive ketones (excluding diaryl/α,β-unsaturated/α-hetero) is 1. The molecule has 0 radical (unpaired) electrons. The van der Waals surface area contributed by atoms with E-state index < -0.39 is 0 Å². The van der Waals surface area contributed by atoms with Crippen LogP contribution in [0, 0.1) is 0 Å². The molecular weight excluding hydrogens is 344 g/mol. The normalized spacial score (nSPS) is 10.1. The number of hydrogen-bond acceptors (Lipinski definition) is 5. The van der Waals surface area contributed by atoms with Crippen LogP contribution in [0.15, 0.2) is 36.4 Å². The quantitative estimate of drug-likeness (QED) is 0.736. The number of nitrogens with one attached hydrogen (secondary N) is 2. The fourth-order valence-corrected chi connectivity index (χ4v) is 2.50. The van der Waals surface area contributed by atoms with Gasteiger partial charge in [0.15, 0.2) is 5.78 Å². The van der Waals surface area contributed by atoms with E-state index in [1.54, 1.807) is 36.4 Å². The summed E-state index contributed by atoms with van der Waals surface area (Å²) in [5.41, 5.74) is 1.57. The molecule has 0 atom stereocenters. The van der Waals surface area contributed by atoms with Crippen LogP contribution in [0.25, 0.3) is 0 Å². The molecule has 25 heavy (non-hydrogen) atoms. The highest BCUT2D eigenvalue weighted by molar-refractivity contribution is 6.32. The zero-order valence-corrected chi connectivity index (χ0v) is 14.9. The zero-order chi connectivity index (χ0) is 18.4. The summed E-state index contributed by atoms with van der Waals surface area (Å²) in [5.74, 6) is 0.463. The van der Waals surface area contributed by atoms with Gasteiger partial charge in [0.1, 0.15) is 11.5 Å². The Bertz CT molecular complexity index is 793. The molecule has 132 valence electrons. The second-order valence-corrected chi connectivity index (χ2v) is 5.60. The Morgan fingerprint density at radius 1 is 1.04 bits per heavy atom. The predicted octanol–water partition coefficient (Wildman–Crippen LogP) is 3.61. The van der Waals surface area contributed by atoms with Gasteiger partial charge in [0.05, 0.1) is 31.5 Å². The maximum Gasteiger partial charge on any atom is 0.243 e. The van der Waals surface area contributed by atoms with Crippen LogP contribution in [-0.2, 0) is 4.79 Å². The van der Waals surface area contributed by atoms with Crippen molar-refractivity contribution in [1.29, 1.82) is 0 Å². The first-order chi connectivity index (χ1) is 12.0. The second kappa shape index (κ2) is 8.39. The average molecular weight is 363 g/mol. The first-order valence-corrected chi connectivity index (χ1v) is 7.89. The fourth-order valence-electron chi connectivity index (χ4n) is 2.27. The van der Waals surface area contributed by atoms with Crippen molar-refractivity contribution in [3.05, 3.63) is 47.0 Å². The number of carbonyl (C=O) groups is 2. The molecule has 0 aliphatic heterocycles. The summed E-state index contributed by atoms with van der Waals surface area (Å²) in [7, 11) is 2.97. The van der Waals surface area contributed by atoms with Crippen molar-refractivity contribution in [1.82, 2.24) is 0 Å². The number of rotatable bonds is 7. The lowest BCUT2D eigenvalue weighted by Gasteiger charge is -2.14. The molecule has 2 rings (SSSR count). The number of hydrogen-bond donors (Lipinski definition) is 2. The highest BCUT2D eigenvalue weighted by Crippen LogP contribution is 2.35. The number of anilines is 2. The van der Waals surface area contributed by atoms with Crippen LogP contribution in [0.5, 0.6) is 11.5 Å². The van der Waals surface area contributed by atoms with Gasteiger partial charge in [-0.3, -0.25) is 9.59 Å². The van der Waals surface area contributed by atoms with Gasteiger partial charge in [0.25, 0.3) is 0 Å². The Hall–Kier alpha value is -2.73. The summed E-state index contributed by atoms with van der Waals surface area (Å²) < 4.78 is 10.4. The number of benzene rings is 2. The van der Waals surface area contributed by atoms with Crippen LogP contribution in [0.3, 0.4) is 0 Å². The van der Waals surface area contributed by atoms with Crippen LogP contribution in [0.4, 0.5) is 11.4 Å². The minimum Gasteiger partial charge on any atom is -0.495 e. The monoisotopic (exact) mass is 362 g/mol. The van der Waals surface area contributed by atoms with Crippen molar-refractivity contribution in [2.45, 2.75) is 6.92 Å². The van der Waals surface area contributed by atoms with Gasteiger partial charge in [-0.1, -0.05) is 23.7 Å². The number of amides is 1. The number of methoxy groups -OCH3 is 2. The molecule has 0 aliphatic rings. The van der Waals surface area contributed by atoms with Crippen molar-refractivity contribution in [2.75, 3.05) is 31.4 Å². The van der Waals surface area contributed by atoms with Gasteiger partial charge in [-0.05, 0) is 19.1 Å². The molecular formula is C18H19ClN2O4. The van der Waals surface area contributed by atoms with Gasteiger partial charge in [-0.25, -0.2) is 0 Å². The van der Waals surface area contributed by atoms with Gasteiger partial charge in [0.2, 0.25) is 5.91 Å². The van der Waals surface area contributed by atoms with Gasteiger partial charge in [-0.2, -0.15) is 0 Å². The van der Waals surface area contributed by atoms with Crippen LogP contribution < -0.4 is 20.1 Å². The smallest absolute Gasteiger partial charge is 0.243 e. The van der Waals surface area contributed by atoms with Crippen molar-refractivity contribution in [2.24, 2.45) is 0 Å². The van der Waals surface area contributed by atoms with Crippen LogP contribution in [0.1, 0.15) is 17.3 Å². The number of ether oxygens (including phenoxy) is 2. The minimum absolute atomic E-state index is 0.0155. The maximum atomic E-state index is 12.2. The first kappa shape index (κ1) is 18.6. The molecule has 0 aromatic heterocycles. The predicted molar refractivity (Wildman–Crippen MR) is 98.1 cm³/mol. The lowest BCUT2D eigenvalue weighted by atomic mass is 10.1. The van der Waals surface area contributed by atoms with E-state index in [1.165, 1.54) is 21.1 Å². The average Bonchev–Trinajstić information content (AvgIpc) is 2.61. The summed E-state index contributed by atoms with van der Waals surface area (Å²) in [6, 6.07) is 10.2. The number of ketones is 1. The summed E-state index contributed by atoms with van der Waals surface area (Å²) in [6.45, 7) is 1.46. The Labute approximate surface area is 151 Å². The second-order valence-electron chi connectivity index (χ2n) is 5.19. The van der Waals surface area contributed by atoms with E-state index in [2.05, 4.69) is 10.6 Å². The molecule has 0 aliphatic carbocycles. The van der Waals surface area contributed by atoms with Crippen molar-refractivity contribution in [3.63, 3.8) is 0 Å². The lowest BCUT2D eigenvalue weighted by molar-refractivity contribution is -0.114. The third-order valence-electron chi connectivity index (χ3n) is 3.49. The molecule has 0 heterocycles. The molecule has 2 aromatic carbocycles. The number of carbonyl (C=O) groups excluding carboxylic acids is 2. The van der Waals surface area contributed by atoms with Gasteiger partial charge >= 0.3 is 0 Å². The van der Waals surface area contributed by atoms with Crippen LogP contribution in [-0.4, -0.2) is 32.5 Å². The molecule has 0 spiro atoms. The SMILES string of the molecule is COc1cc(NC(=O)CNc2ccccc2C(C)=O)c(OC)cc1Cl. The first-order valence-electron chi connectivity index (χ1n) is 7.51. The lowest BCUT2D eigenvalue weighted by Crippen LogP contribution is -2.22. The van der Waals surface area contributed by atoms with E-state index >= 15 is 0 Å². The van der Waals surface area contributed by atoms with Crippen LogP contribution >= 0.6 is 11.6 Å². The standard InChI is InChI=1S/C18H19ClN2O4/c1-11(22)12-6-4-5-7-14(12)20-10-18(23)21-15-9-16(24-2)13(19)8-17(15)25-3/h4-9,20H,10H2,1-3H3,(H,21,23). The zero-order valence-electron chi connectivity index (χ0n) is 14.2. The highest BCUT2D eigenvalue weighted by atomic mass is 35.5. The van der Waals surface area contributed by atoms with E-state index in [0.29, 0.717) is 33.5 Å². The Kier molecular flexibility index (Phi) is 6.25. The minimum atomic E-state index is -0.305. The van der Waals surface area contributed by atoms with E-state index in [-0.39, 0.29) is 18.2 Å². The largest absolute Gasteiger partial charge is 0.495 e. The molecule has 0 fully saturated rings. The fraction of sp³-hybridized carbons (Fsp3) is 0.222. The number of para-hydroxylation sites is 1. The van der Waals surface area contributed by atoms with E-state index in [1.807, 2.05) is 0 Å². The van der Waals surface area contributed by atoms with Crippen molar-refractivity contribution >= 4 is 34.7 Å². The highest BCUT2D eigenvalue weighted by Gasteiger charge is 2.13. The molecule has 1 amide bonds. The van der Waals surface area contributed by atoms with Crippen molar-refractivity contribution in [3.8, 4) is 11.5 Å². The summed E-state index contributed by atoms with van der Waals surface area (Å²) >= 11 is 6.04. The van der Waals surface area contributed by atoms with Gasteiger partial charge in [-0.15, -0.1) is 0 Å².